The van der Waals surface area contributed by atoms with Gasteiger partial charge < -0.3 is 19.5 Å². The first kappa shape index (κ1) is 20.1. The van der Waals surface area contributed by atoms with E-state index in [9.17, 15) is 19.5 Å². The number of likely N-dealkylation sites (N-methyl/N-ethyl adjacent to an activating group) is 1. The number of nitrogens with zero attached hydrogens (tertiary/aromatic N) is 1. The number of hydrogen-bond donors (Lipinski definition) is 1. The lowest BCUT2D eigenvalue weighted by molar-refractivity contribution is -0.154. The lowest BCUT2D eigenvalue weighted by Crippen LogP contribution is -2.48. The van der Waals surface area contributed by atoms with E-state index in [1.54, 1.807) is 13.8 Å². The molecule has 22 heavy (non-hydrogen) atoms. The number of methoxy groups -OCH3 is 1. The van der Waals surface area contributed by atoms with Gasteiger partial charge in [-0.1, -0.05) is 13.8 Å². The van der Waals surface area contributed by atoms with Crippen molar-refractivity contribution in [1.82, 2.24) is 4.90 Å². The lowest BCUT2D eigenvalue weighted by atomic mass is 9.86. The second kappa shape index (κ2) is 9.19. The Bertz CT molecular complexity index is 426. The predicted octanol–water partition coefficient (Wildman–Crippen LogP) is 0.514. The molecule has 7 heteroatoms. The molecule has 126 valence electrons. The van der Waals surface area contributed by atoms with Crippen LogP contribution in [0.15, 0.2) is 12.2 Å². The van der Waals surface area contributed by atoms with Gasteiger partial charge in [-0.2, -0.15) is 0 Å². The number of amides is 1. The van der Waals surface area contributed by atoms with E-state index in [1.807, 2.05) is 13.8 Å². The highest BCUT2D eigenvalue weighted by Gasteiger charge is 2.36. The van der Waals surface area contributed by atoms with Crippen molar-refractivity contribution < 1.29 is 29.0 Å². The van der Waals surface area contributed by atoms with Crippen LogP contribution in [0.5, 0.6) is 0 Å². The Kier molecular flexibility index (Phi) is 8.40. The van der Waals surface area contributed by atoms with Crippen LogP contribution in [0.1, 0.15) is 27.7 Å². The fraction of sp³-hybridized carbons (Fsp3) is 0.667. The minimum absolute atomic E-state index is 0.161. The van der Waals surface area contributed by atoms with E-state index in [4.69, 9.17) is 4.74 Å². The summed E-state index contributed by atoms with van der Waals surface area (Å²) in [5.74, 6) is -1.83. The topological polar surface area (TPSA) is 93.1 Å². The van der Waals surface area contributed by atoms with Crippen LogP contribution in [0.2, 0.25) is 0 Å². The molecule has 1 atom stereocenters. The third-order valence-corrected chi connectivity index (χ3v) is 3.19. The summed E-state index contributed by atoms with van der Waals surface area (Å²) >= 11 is 0. The first-order valence-electron chi connectivity index (χ1n) is 7.09. The maximum atomic E-state index is 12.1. The summed E-state index contributed by atoms with van der Waals surface area (Å²) in [7, 11) is 1.19. The smallest absolute Gasteiger partial charge is 0.331 e. The highest BCUT2D eigenvalue weighted by molar-refractivity contribution is 5.91. The van der Waals surface area contributed by atoms with Crippen molar-refractivity contribution in [2.45, 2.75) is 33.8 Å². The fourth-order valence-corrected chi connectivity index (χ4v) is 1.63. The summed E-state index contributed by atoms with van der Waals surface area (Å²) < 4.78 is 9.30. The van der Waals surface area contributed by atoms with Crippen molar-refractivity contribution in [1.29, 1.82) is 0 Å². The van der Waals surface area contributed by atoms with Crippen molar-refractivity contribution >= 4 is 17.8 Å². The van der Waals surface area contributed by atoms with Gasteiger partial charge in [-0.15, -0.1) is 0 Å². The lowest BCUT2D eigenvalue weighted by Gasteiger charge is -2.32. The standard InChI is InChI=1S/C15H25NO6/c1-6-16(7-2)14(20)13(19)15(3,4)10-22-12(18)9-8-11(17)21-5/h8-9,13,19H,6-7,10H2,1-5H3/b9-8+. The second-order valence-electron chi connectivity index (χ2n) is 5.37. The zero-order chi connectivity index (χ0) is 17.3. The molecule has 1 N–H and O–H groups in total. The molecular formula is C15H25NO6. The van der Waals surface area contributed by atoms with Gasteiger partial charge in [0.05, 0.1) is 13.7 Å². The average Bonchev–Trinajstić information content (AvgIpc) is 2.50. The minimum atomic E-state index is -1.29. The molecule has 0 aromatic heterocycles. The van der Waals surface area contributed by atoms with Gasteiger partial charge in [-0.25, -0.2) is 9.59 Å². The number of aliphatic hydroxyl groups excluding tert-OH is 1. The molecule has 0 fully saturated rings. The van der Waals surface area contributed by atoms with Gasteiger partial charge in [-0.3, -0.25) is 4.79 Å². The highest BCUT2D eigenvalue weighted by Crippen LogP contribution is 2.23. The van der Waals surface area contributed by atoms with Gasteiger partial charge in [0.1, 0.15) is 6.10 Å². The van der Waals surface area contributed by atoms with Gasteiger partial charge in [-0.05, 0) is 13.8 Å². The largest absolute Gasteiger partial charge is 0.466 e. The van der Waals surface area contributed by atoms with Crippen molar-refractivity contribution in [3.63, 3.8) is 0 Å². The molecule has 0 aliphatic rings. The van der Waals surface area contributed by atoms with E-state index in [2.05, 4.69) is 4.74 Å². The Morgan fingerprint density at radius 1 is 1.14 bits per heavy atom. The molecule has 0 heterocycles. The van der Waals surface area contributed by atoms with Gasteiger partial charge in [0.2, 0.25) is 0 Å². The summed E-state index contributed by atoms with van der Waals surface area (Å²) in [6, 6.07) is 0. The van der Waals surface area contributed by atoms with Crippen LogP contribution in [0.25, 0.3) is 0 Å². The Morgan fingerprint density at radius 2 is 1.64 bits per heavy atom. The first-order chi connectivity index (χ1) is 10.2. The van der Waals surface area contributed by atoms with E-state index in [0.717, 1.165) is 12.2 Å². The Balaban J connectivity index is 4.62. The number of ether oxygens (including phenoxy) is 2. The van der Waals surface area contributed by atoms with Crippen molar-refractivity contribution in [3.8, 4) is 0 Å². The van der Waals surface area contributed by atoms with Crippen molar-refractivity contribution in [3.05, 3.63) is 12.2 Å². The van der Waals surface area contributed by atoms with E-state index in [1.165, 1.54) is 12.0 Å². The van der Waals surface area contributed by atoms with E-state index in [-0.39, 0.29) is 6.61 Å². The summed E-state index contributed by atoms with van der Waals surface area (Å²) in [5.41, 5.74) is -0.950. The number of carbonyl (C=O) groups excluding carboxylic acids is 3. The normalized spacial score (nSPS) is 12.8. The van der Waals surface area contributed by atoms with E-state index >= 15 is 0 Å². The molecule has 1 amide bonds. The molecule has 0 aromatic rings. The summed E-state index contributed by atoms with van der Waals surface area (Å²) in [4.78, 5) is 35.9. The predicted molar refractivity (Wildman–Crippen MR) is 79.8 cm³/mol. The highest BCUT2D eigenvalue weighted by atomic mass is 16.5. The molecule has 0 rings (SSSR count). The summed E-state index contributed by atoms with van der Waals surface area (Å²) in [5, 5.41) is 10.2. The first-order valence-corrected chi connectivity index (χ1v) is 7.09. The molecule has 0 aliphatic heterocycles. The molecule has 0 bridgehead atoms. The quantitative estimate of drug-likeness (QED) is 0.518. The number of aliphatic hydroxyl groups is 1. The fourth-order valence-electron chi connectivity index (χ4n) is 1.63. The maximum Gasteiger partial charge on any atom is 0.331 e. The minimum Gasteiger partial charge on any atom is -0.466 e. The molecule has 0 aromatic carbocycles. The Labute approximate surface area is 130 Å². The molecular weight excluding hydrogens is 290 g/mol. The molecule has 7 nitrogen and oxygen atoms in total. The van der Waals surface area contributed by atoms with Crippen LogP contribution < -0.4 is 0 Å². The number of carbonyl (C=O) groups is 3. The molecule has 0 aliphatic carbocycles. The van der Waals surface area contributed by atoms with Gasteiger partial charge in [0.25, 0.3) is 5.91 Å². The molecule has 0 saturated heterocycles. The number of hydrogen-bond acceptors (Lipinski definition) is 6. The zero-order valence-corrected chi connectivity index (χ0v) is 13.8. The zero-order valence-electron chi connectivity index (χ0n) is 13.8. The van der Waals surface area contributed by atoms with Crippen LogP contribution in [-0.4, -0.2) is 60.8 Å². The summed E-state index contributed by atoms with van der Waals surface area (Å²) in [6.45, 7) is 7.70. The average molecular weight is 315 g/mol. The molecule has 1 unspecified atom stereocenters. The maximum absolute atomic E-state index is 12.1. The Hall–Kier alpha value is -1.89. The number of rotatable bonds is 8. The third kappa shape index (κ3) is 6.26. The van der Waals surface area contributed by atoms with Gasteiger partial charge in [0.15, 0.2) is 0 Å². The SMILES string of the molecule is CCN(CC)C(=O)C(O)C(C)(C)COC(=O)/C=C/C(=O)OC. The summed E-state index contributed by atoms with van der Waals surface area (Å²) in [6.07, 6.45) is 0.581. The van der Waals surface area contributed by atoms with Crippen LogP contribution in [0.3, 0.4) is 0 Å². The molecule has 0 saturated carbocycles. The van der Waals surface area contributed by atoms with E-state index < -0.39 is 29.4 Å². The van der Waals surface area contributed by atoms with Crippen LogP contribution in [-0.2, 0) is 23.9 Å². The second-order valence-corrected chi connectivity index (χ2v) is 5.37. The Morgan fingerprint density at radius 3 is 2.09 bits per heavy atom. The van der Waals surface area contributed by atoms with E-state index in [0.29, 0.717) is 13.1 Å². The van der Waals surface area contributed by atoms with Crippen molar-refractivity contribution in [2.75, 3.05) is 26.8 Å². The van der Waals surface area contributed by atoms with Crippen LogP contribution >= 0.6 is 0 Å². The number of esters is 2. The van der Waals surface area contributed by atoms with Crippen LogP contribution in [0.4, 0.5) is 0 Å². The van der Waals surface area contributed by atoms with Crippen LogP contribution in [0, 0.1) is 5.41 Å². The monoisotopic (exact) mass is 315 g/mol. The van der Waals surface area contributed by atoms with Gasteiger partial charge >= 0.3 is 11.9 Å². The van der Waals surface area contributed by atoms with Crippen molar-refractivity contribution in [2.24, 2.45) is 5.41 Å². The molecule has 0 radical (unpaired) electrons. The van der Waals surface area contributed by atoms with Gasteiger partial charge in [0, 0.05) is 30.7 Å². The third-order valence-electron chi connectivity index (χ3n) is 3.19. The molecule has 0 spiro atoms.